The van der Waals surface area contributed by atoms with E-state index in [9.17, 15) is 66.2 Å². The SMILES string of the molecule is O=C(O)c1cc(SOOO)ccc1N=Nc1cc(OCCO)c(N=Nc2c(SOOO)cc3c(S(=O)(=O)O)c(N=Nc4c(C(=O)O)nn(-c5ccc(S(=O)(=O)O)cc5)c4O)ccc3c2O)cc1OCCO. The van der Waals surface area contributed by atoms with E-state index in [-0.39, 0.29) is 75.4 Å². The molecule has 10 N–H and O–H groups in total. The number of carboxylic acids is 2. The van der Waals surface area contributed by atoms with Gasteiger partial charge in [0.1, 0.15) is 58.0 Å². The Bertz CT molecular complexity index is 3320. The largest absolute Gasteiger partial charge is 0.505 e. The van der Waals surface area contributed by atoms with Crippen molar-refractivity contribution in [1.82, 2.24) is 9.78 Å². The van der Waals surface area contributed by atoms with Gasteiger partial charge in [-0.25, -0.2) is 20.1 Å². The van der Waals surface area contributed by atoms with E-state index in [2.05, 4.69) is 54.5 Å². The fraction of sp³-hybridized carbons (Fsp3) is 0.108. The van der Waals surface area contributed by atoms with Crippen molar-refractivity contribution in [1.29, 1.82) is 0 Å². The number of nitrogens with zero attached hydrogens (tertiary/aromatic N) is 8. The number of carboxylic acid groups (broad SMARTS) is 2. The first-order valence-corrected chi connectivity index (χ1v) is 23.2. The lowest BCUT2D eigenvalue weighted by Gasteiger charge is -2.14. The predicted octanol–water partition coefficient (Wildman–Crippen LogP) is 7.17. The molecule has 0 amide bonds. The number of aromatic hydroxyl groups is 2. The molecule has 5 aromatic carbocycles. The molecule has 374 valence electrons. The first-order valence-electron chi connectivity index (χ1n) is 18.8. The van der Waals surface area contributed by atoms with Gasteiger partial charge in [0.2, 0.25) is 11.6 Å². The van der Waals surface area contributed by atoms with Gasteiger partial charge in [0.05, 0.1) is 58.3 Å². The van der Waals surface area contributed by atoms with E-state index in [0.717, 1.165) is 54.6 Å². The minimum Gasteiger partial charge on any atom is -0.505 e. The summed E-state index contributed by atoms with van der Waals surface area (Å²) in [7, 11) is -10.0. The zero-order valence-electron chi connectivity index (χ0n) is 34.8. The van der Waals surface area contributed by atoms with Crippen LogP contribution in [-0.4, -0.2) is 115 Å². The van der Waals surface area contributed by atoms with Crippen LogP contribution in [0.15, 0.2) is 123 Å². The Morgan fingerprint density at radius 2 is 1.20 bits per heavy atom. The summed E-state index contributed by atoms with van der Waals surface area (Å²) in [6.45, 7) is -1.73. The predicted molar refractivity (Wildman–Crippen MR) is 236 cm³/mol. The Morgan fingerprint density at radius 3 is 1.76 bits per heavy atom. The lowest BCUT2D eigenvalue weighted by atomic mass is 10.1. The number of azo groups is 3. The van der Waals surface area contributed by atoms with Gasteiger partial charge in [-0.1, -0.05) is 10.1 Å². The zero-order chi connectivity index (χ0) is 51.6. The molecule has 0 aliphatic carbocycles. The van der Waals surface area contributed by atoms with Crippen molar-refractivity contribution in [3.8, 4) is 28.8 Å². The van der Waals surface area contributed by atoms with Gasteiger partial charge >= 0.3 is 11.9 Å². The number of aromatic nitrogens is 2. The molecule has 0 fully saturated rings. The molecule has 0 atom stereocenters. The third-order valence-electron chi connectivity index (χ3n) is 8.87. The number of aliphatic hydroxyl groups excluding tert-OH is 2. The molecule has 0 saturated heterocycles. The van der Waals surface area contributed by atoms with Gasteiger partial charge in [-0.15, -0.1) is 39.4 Å². The smallest absolute Gasteiger partial charge is 0.358 e. The van der Waals surface area contributed by atoms with Crippen molar-refractivity contribution < 1.29 is 105 Å². The summed E-state index contributed by atoms with van der Waals surface area (Å²) in [6.07, 6.45) is 0. The highest BCUT2D eigenvalue weighted by molar-refractivity contribution is 7.95. The van der Waals surface area contributed by atoms with Crippen LogP contribution in [0.25, 0.3) is 16.5 Å². The van der Waals surface area contributed by atoms with E-state index < -0.39 is 99.8 Å². The van der Waals surface area contributed by atoms with Crippen molar-refractivity contribution in [2.45, 2.75) is 19.6 Å². The van der Waals surface area contributed by atoms with Crippen LogP contribution in [-0.2, 0) is 39.0 Å². The number of ether oxygens (including phenoxy) is 2. The summed E-state index contributed by atoms with van der Waals surface area (Å²) in [5.74, 6) is -5.42. The van der Waals surface area contributed by atoms with Crippen LogP contribution in [0.4, 0.5) is 34.1 Å². The number of aromatic carboxylic acids is 2. The Kier molecular flexibility index (Phi) is 17.3. The molecule has 0 spiro atoms. The second-order valence-electron chi connectivity index (χ2n) is 13.2. The second kappa shape index (κ2) is 23.1. The molecule has 1 aromatic heterocycles. The molecule has 0 unspecified atom stereocenters. The Morgan fingerprint density at radius 1 is 0.634 bits per heavy atom. The molecule has 0 saturated carbocycles. The summed E-state index contributed by atoms with van der Waals surface area (Å²) in [4.78, 5) is 22.3. The van der Waals surface area contributed by atoms with E-state index >= 15 is 0 Å². The topological polar surface area (TPSA) is 452 Å². The molecule has 0 aliphatic rings. The third-order valence-corrected chi connectivity index (χ3v) is 11.9. The van der Waals surface area contributed by atoms with Gasteiger partial charge in [-0.05, 0) is 60.7 Å². The minimum atomic E-state index is -5.39. The fourth-order valence-corrected chi connectivity index (χ4v) is 8.14. The van der Waals surface area contributed by atoms with Crippen LogP contribution < -0.4 is 9.47 Å². The standard InChI is InChI=1S/C37H30N8O22S4/c46-9-11-62-27-16-26(28(63-12-10-47)15-25(27)40-38-23-7-3-18(68-66-64-54)13-22(23)36(50)51)41-42-30-29(69-67-65-55)14-21-20(33(30)48)6-8-24(34(21)71(59,60)61)39-43-31-32(37(52)53)44-45(35(31)49)17-1-4-19(5-2-17)70(56,57)58/h1-8,13-16,46-49,54-55H,9-12H2,(H,50,51)(H,52,53)(H,56,57,58)(H,59,60,61). The highest BCUT2D eigenvalue weighted by Crippen LogP contribution is 2.49. The van der Waals surface area contributed by atoms with E-state index in [1.165, 1.54) is 18.2 Å². The maximum absolute atomic E-state index is 13.0. The molecule has 0 bridgehead atoms. The zero-order valence-corrected chi connectivity index (χ0v) is 38.1. The molecule has 30 nitrogen and oxygen atoms in total. The summed E-state index contributed by atoms with van der Waals surface area (Å²) in [5, 5.41) is 112. The number of fused-ring (bicyclic) bond motifs is 1. The van der Waals surface area contributed by atoms with Gasteiger partial charge in [0.15, 0.2) is 11.4 Å². The van der Waals surface area contributed by atoms with E-state index in [1.807, 2.05) is 0 Å². The first-order chi connectivity index (χ1) is 33.8. The number of hydrogen-bond acceptors (Lipinski definition) is 27. The Balaban J connectivity index is 1.45. The number of rotatable bonds is 23. The molecule has 6 rings (SSSR count). The molecule has 6 aromatic rings. The normalized spacial score (nSPS) is 12.2. The number of carbonyl (C=O) groups is 2. The molecule has 0 radical (unpaired) electrons. The van der Waals surface area contributed by atoms with Gasteiger partial charge in [-0.2, -0.15) is 26.6 Å². The van der Waals surface area contributed by atoms with Crippen LogP contribution in [0.1, 0.15) is 20.8 Å². The van der Waals surface area contributed by atoms with Crippen molar-refractivity contribution in [2.24, 2.45) is 30.7 Å². The van der Waals surface area contributed by atoms with Crippen LogP contribution in [0.5, 0.6) is 23.1 Å². The summed E-state index contributed by atoms with van der Waals surface area (Å²) in [6, 6.07) is 12.9. The highest BCUT2D eigenvalue weighted by atomic mass is 32.2. The molecule has 0 aliphatic heterocycles. The number of phenols is 1. The Hall–Kier alpha value is -7.29. The van der Waals surface area contributed by atoms with Crippen molar-refractivity contribution in [2.75, 3.05) is 26.4 Å². The van der Waals surface area contributed by atoms with Gasteiger partial charge in [0, 0.05) is 27.8 Å². The first kappa shape index (κ1) is 53.1. The maximum atomic E-state index is 13.0. The Labute approximate surface area is 403 Å². The average molecular weight is 1070 g/mol. The van der Waals surface area contributed by atoms with E-state index in [0.29, 0.717) is 16.7 Å². The monoisotopic (exact) mass is 1070 g/mol. The molecular formula is C37H30N8O22S4. The number of hydrogen-bond donors (Lipinski definition) is 10. The van der Waals surface area contributed by atoms with Gasteiger partial charge in [-0.3, -0.25) is 9.11 Å². The van der Waals surface area contributed by atoms with Gasteiger partial charge < -0.3 is 40.1 Å². The number of phenolic OH excluding ortho intramolecular Hbond substituents is 1. The van der Waals surface area contributed by atoms with Crippen molar-refractivity contribution in [3.63, 3.8) is 0 Å². The maximum Gasteiger partial charge on any atom is 0.358 e. The van der Waals surface area contributed by atoms with E-state index in [1.54, 1.807) is 0 Å². The van der Waals surface area contributed by atoms with Crippen LogP contribution in [0, 0.1) is 0 Å². The highest BCUT2D eigenvalue weighted by Gasteiger charge is 2.28. The summed E-state index contributed by atoms with van der Waals surface area (Å²) in [5.41, 5.74) is -4.09. The van der Waals surface area contributed by atoms with Crippen molar-refractivity contribution >= 4 is 101 Å². The van der Waals surface area contributed by atoms with E-state index in [4.69, 9.17) is 20.0 Å². The van der Waals surface area contributed by atoms with Crippen molar-refractivity contribution in [3.05, 3.63) is 84.1 Å². The molecule has 1 heterocycles. The van der Waals surface area contributed by atoms with Gasteiger partial charge in [0.25, 0.3) is 20.2 Å². The molecule has 71 heavy (non-hydrogen) atoms. The second-order valence-corrected chi connectivity index (χ2v) is 17.5. The minimum absolute atomic E-state index is 0.119. The lowest BCUT2D eigenvalue weighted by molar-refractivity contribution is -0.432. The average Bonchev–Trinajstić information content (AvgIpc) is 3.67. The molecule has 34 heteroatoms. The summed E-state index contributed by atoms with van der Waals surface area (Å²) < 4.78 is 89.5. The number of benzene rings is 5. The van der Waals surface area contributed by atoms with Crippen LogP contribution in [0.3, 0.4) is 0 Å². The lowest BCUT2D eigenvalue weighted by Crippen LogP contribution is -2.04. The van der Waals surface area contributed by atoms with Crippen LogP contribution >= 0.6 is 24.1 Å². The quantitative estimate of drug-likeness (QED) is 0.00998. The summed E-state index contributed by atoms with van der Waals surface area (Å²) >= 11 is 0.601. The molecular weight excluding hydrogens is 1040 g/mol. The third kappa shape index (κ3) is 12.5. The number of aliphatic hydroxyl groups is 2. The van der Waals surface area contributed by atoms with Crippen LogP contribution in [0.2, 0.25) is 0 Å². The fourth-order valence-electron chi connectivity index (χ4n) is 5.95.